The summed E-state index contributed by atoms with van der Waals surface area (Å²) >= 11 is 0. The number of piperidine rings is 1. The number of aromatic nitrogens is 2. The van der Waals surface area contributed by atoms with Gasteiger partial charge >= 0.3 is 0 Å². The van der Waals surface area contributed by atoms with Gasteiger partial charge in [-0.25, -0.2) is 12.7 Å². The molecule has 1 saturated heterocycles. The maximum Gasteiger partial charge on any atom is 0.242 e. The molecule has 180 valence electrons. The number of carbonyl (C=O) groups excluding carboxylic acids is 2. The number of carbonyl (C=O) groups is 2. The zero-order valence-corrected chi connectivity index (χ0v) is 20.3. The summed E-state index contributed by atoms with van der Waals surface area (Å²) in [5.74, 6) is -0.361. The van der Waals surface area contributed by atoms with E-state index in [9.17, 15) is 18.0 Å². The number of benzene rings is 1. The van der Waals surface area contributed by atoms with Crippen molar-refractivity contribution < 1.29 is 18.0 Å². The van der Waals surface area contributed by atoms with E-state index < -0.39 is 16.1 Å². The molecule has 2 heterocycles. The number of sulfonamides is 1. The van der Waals surface area contributed by atoms with Crippen LogP contribution in [0.4, 0.5) is 11.4 Å². The van der Waals surface area contributed by atoms with E-state index in [1.165, 1.54) is 26.2 Å². The molecule has 33 heavy (non-hydrogen) atoms. The number of hydrogen-bond donors (Lipinski definition) is 2. The summed E-state index contributed by atoms with van der Waals surface area (Å²) in [4.78, 5) is 27.5. The third kappa shape index (κ3) is 5.98. The highest BCUT2D eigenvalue weighted by atomic mass is 32.2. The molecule has 1 atom stereocenters. The van der Waals surface area contributed by atoms with Crippen molar-refractivity contribution >= 4 is 33.2 Å². The van der Waals surface area contributed by atoms with Gasteiger partial charge in [0.05, 0.1) is 22.8 Å². The largest absolute Gasteiger partial charge is 0.325 e. The molecule has 2 amide bonds. The molecule has 1 fully saturated rings. The molecule has 1 aliphatic rings. The molecule has 0 spiro atoms. The van der Waals surface area contributed by atoms with E-state index in [1.54, 1.807) is 29.2 Å². The Morgan fingerprint density at radius 2 is 1.88 bits per heavy atom. The van der Waals surface area contributed by atoms with Gasteiger partial charge in [0.1, 0.15) is 0 Å². The Morgan fingerprint density at radius 3 is 2.48 bits per heavy atom. The van der Waals surface area contributed by atoms with E-state index in [0.29, 0.717) is 37.3 Å². The zero-order chi connectivity index (χ0) is 24.2. The predicted molar refractivity (Wildman–Crippen MR) is 126 cm³/mol. The highest BCUT2D eigenvalue weighted by Crippen LogP contribution is 2.22. The average molecular weight is 477 g/mol. The third-order valence-corrected chi connectivity index (χ3v) is 7.74. The molecular weight excluding hydrogens is 444 g/mol. The van der Waals surface area contributed by atoms with Gasteiger partial charge in [0, 0.05) is 38.4 Å². The summed E-state index contributed by atoms with van der Waals surface area (Å²) in [5, 5.41) is 9.89. The molecule has 0 aliphatic carbocycles. The van der Waals surface area contributed by atoms with Gasteiger partial charge in [-0.2, -0.15) is 5.10 Å². The summed E-state index contributed by atoms with van der Waals surface area (Å²) in [7, 11) is -0.659. The lowest BCUT2D eigenvalue weighted by Gasteiger charge is -2.34. The Labute approximate surface area is 195 Å². The van der Waals surface area contributed by atoms with Gasteiger partial charge in [-0.1, -0.05) is 6.07 Å². The topological polar surface area (TPSA) is 117 Å². The lowest BCUT2D eigenvalue weighted by molar-refractivity contribution is -0.123. The van der Waals surface area contributed by atoms with Crippen molar-refractivity contribution in [1.29, 1.82) is 0 Å². The summed E-state index contributed by atoms with van der Waals surface area (Å²) in [6.07, 6.45) is 4.75. The number of aryl methyl sites for hydroxylation is 1. The molecule has 1 aromatic heterocycles. The maximum absolute atomic E-state index is 12.8. The molecular formula is C22H32N6O4S. The number of hydrogen-bond acceptors (Lipinski definition) is 6. The molecule has 0 radical (unpaired) electrons. The number of nitrogens with zero attached hydrogens (tertiary/aromatic N) is 4. The van der Waals surface area contributed by atoms with Crippen molar-refractivity contribution in [3.05, 3.63) is 36.7 Å². The van der Waals surface area contributed by atoms with Crippen molar-refractivity contribution in [1.82, 2.24) is 19.0 Å². The first kappa shape index (κ1) is 24.9. The van der Waals surface area contributed by atoms with Crippen molar-refractivity contribution in [3.63, 3.8) is 0 Å². The van der Waals surface area contributed by atoms with Gasteiger partial charge < -0.3 is 10.6 Å². The molecule has 3 rings (SSSR count). The van der Waals surface area contributed by atoms with Gasteiger partial charge in [0.25, 0.3) is 0 Å². The highest BCUT2D eigenvalue weighted by Gasteiger charge is 2.30. The Bertz CT molecular complexity index is 1090. The van der Waals surface area contributed by atoms with Crippen molar-refractivity contribution in [3.8, 4) is 0 Å². The lowest BCUT2D eigenvalue weighted by Crippen LogP contribution is -2.47. The van der Waals surface area contributed by atoms with Gasteiger partial charge in [-0.15, -0.1) is 0 Å². The van der Waals surface area contributed by atoms with Crippen LogP contribution in [0.1, 0.15) is 26.7 Å². The van der Waals surface area contributed by atoms with Crippen molar-refractivity contribution in [2.24, 2.45) is 5.92 Å². The monoisotopic (exact) mass is 476 g/mol. The van der Waals surface area contributed by atoms with Crippen LogP contribution in [0.15, 0.2) is 41.6 Å². The quantitative estimate of drug-likeness (QED) is 0.600. The lowest BCUT2D eigenvalue weighted by atomic mass is 9.95. The molecule has 11 heteroatoms. The normalized spacial score (nSPS) is 16.5. The second kappa shape index (κ2) is 10.4. The van der Waals surface area contributed by atoms with Crippen molar-refractivity contribution in [2.45, 2.75) is 44.2 Å². The minimum Gasteiger partial charge on any atom is -0.325 e. The Balaban J connectivity index is 1.53. The number of nitrogens with one attached hydrogen (secondary N) is 2. The smallest absolute Gasteiger partial charge is 0.242 e. The fourth-order valence-electron chi connectivity index (χ4n) is 3.75. The number of likely N-dealkylation sites (tertiary alicyclic amines) is 1. The first-order valence-electron chi connectivity index (χ1n) is 11.0. The second-order valence-electron chi connectivity index (χ2n) is 8.36. The molecule has 10 nitrogen and oxygen atoms in total. The summed E-state index contributed by atoms with van der Waals surface area (Å²) in [6, 6.07) is 5.81. The molecule has 2 N–H and O–H groups in total. The predicted octanol–water partition coefficient (Wildman–Crippen LogP) is 1.83. The van der Waals surface area contributed by atoms with Crippen LogP contribution in [0.3, 0.4) is 0 Å². The van der Waals surface area contributed by atoms with Crippen molar-refractivity contribution in [2.75, 3.05) is 37.8 Å². The van der Waals surface area contributed by atoms with Gasteiger partial charge in [0.15, 0.2) is 0 Å². The minimum atomic E-state index is -3.58. The highest BCUT2D eigenvalue weighted by molar-refractivity contribution is 7.89. The van der Waals surface area contributed by atoms with E-state index in [1.807, 2.05) is 18.7 Å². The molecule has 2 aromatic rings. The van der Waals surface area contributed by atoms with Gasteiger partial charge in [-0.3, -0.25) is 19.2 Å². The van der Waals surface area contributed by atoms with Crippen LogP contribution in [0.2, 0.25) is 0 Å². The van der Waals surface area contributed by atoms with Crippen LogP contribution in [-0.4, -0.2) is 72.4 Å². The van der Waals surface area contributed by atoms with E-state index in [4.69, 9.17) is 0 Å². The second-order valence-corrected chi connectivity index (χ2v) is 10.5. The fraction of sp³-hybridized carbons (Fsp3) is 0.500. The van der Waals surface area contributed by atoms with Crippen LogP contribution >= 0.6 is 0 Å². The number of amides is 2. The van der Waals surface area contributed by atoms with Gasteiger partial charge in [0.2, 0.25) is 21.8 Å². The van der Waals surface area contributed by atoms with Crippen LogP contribution in [-0.2, 0) is 26.2 Å². The first-order chi connectivity index (χ1) is 15.6. The maximum atomic E-state index is 12.8. The van der Waals surface area contributed by atoms with Crippen LogP contribution in [0.5, 0.6) is 0 Å². The van der Waals surface area contributed by atoms with E-state index in [2.05, 4.69) is 15.7 Å². The molecule has 1 aromatic carbocycles. The third-order valence-electron chi connectivity index (χ3n) is 5.93. The van der Waals surface area contributed by atoms with Crippen LogP contribution in [0.25, 0.3) is 0 Å². The molecule has 0 saturated carbocycles. The Kier molecular flexibility index (Phi) is 7.88. The molecule has 1 aliphatic heterocycles. The molecule has 0 bridgehead atoms. The van der Waals surface area contributed by atoms with Gasteiger partial charge in [-0.05, 0) is 58.0 Å². The average Bonchev–Trinajstić information content (AvgIpc) is 3.26. The summed E-state index contributed by atoms with van der Waals surface area (Å²) in [6.45, 7) is 5.78. The summed E-state index contributed by atoms with van der Waals surface area (Å²) in [5.41, 5.74) is 1.12. The Hall–Kier alpha value is -2.76. The van der Waals surface area contributed by atoms with E-state index >= 15 is 0 Å². The molecule has 0 unspecified atom stereocenters. The van der Waals surface area contributed by atoms with E-state index in [0.717, 1.165) is 10.8 Å². The first-order valence-corrected chi connectivity index (χ1v) is 12.5. The fourth-order valence-corrected chi connectivity index (χ4v) is 4.70. The van der Waals surface area contributed by atoms with Crippen LogP contribution < -0.4 is 10.6 Å². The number of rotatable bonds is 8. The minimum absolute atomic E-state index is 0.0266. The van der Waals surface area contributed by atoms with Crippen LogP contribution in [0, 0.1) is 5.92 Å². The van der Waals surface area contributed by atoms with E-state index in [-0.39, 0.29) is 22.6 Å². The zero-order valence-electron chi connectivity index (χ0n) is 19.5. The standard InChI is InChI=1S/C22H32N6O4S/c1-5-28-15-19(14-23-28)25-22(30)17-9-11-27(12-10-17)16(2)21(29)24-18-7-6-8-20(13-18)33(31,32)26(3)4/h6-8,13-17H,5,9-12H2,1-4H3,(H,24,29)(H,25,30)/t16-/m0/s1. The SMILES string of the molecule is CCn1cc(NC(=O)C2CCN([C@@H](C)C(=O)Nc3cccc(S(=O)(=O)N(C)C)c3)CC2)cn1. The number of anilines is 2. The summed E-state index contributed by atoms with van der Waals surface area (Å²) < 4.78 is 27.6. The Morgan fingerprint density at radius 1 is 1.18 bits per heavy atom.